The molecule has 104 valence electrons. The zero-order valence-electron chi connectivity index (χ0n) is 10.4. The fourth-order valence-corrected chi connectivity index (χ4v) is 1.85. The summed E-state index contributed by atoms with van der Waals surface area (Å²) < 4.78 is 13.8. The van der Waals surface area contributed by atoms with Crippen molar-refractivity contribution >= 4 is 11.7 Å². The van der Waals surface area contributed by atoms with E-state index in [1.807, 2.05) is 0 Å². The molecule has 0 amide bonds. The molecule has 0 atom stereocenters. The SMILES string of the molecule is CCc1nn(-c2ccc(F)cc2)c(C(=O)O)c1[N+](=O)[O-]. The number of carboxylic acids is 1. The largest absolute Gasteiger partial charge is 0.476 e. The second-order valence-corrected chi connectivity index (χ2v) is 3.95. The first kappa shape index (κ1) is 13.7. The first-order valence-electron chi connectivity index (χ1n) is 5.71. The minimum atomic E-state index is -1.46. The van der Waals surface area contributed by atoms with Crippen LogP contribution in [0.2, 0.25) is 0 Å². The summed E-state index contributed by atoms with van der Waals surface area (Å²) in [5, 5.41) is 24.2. The Bertz CT molecular complexity index is 679. The number of rotatable bonds is 4. The normalized spacial score (nSPS) is 10.5. The van der Waals surface area contributed by atoms with Crippen molar-refractivity contribution in [3.63, 3.8) is 0 Å². The fourth-order valence-electron chi connectivity index (χ4n) is 1.85. The molecular weight excluding hydrogens is 269 g/mol. The van der Waals surface area contributed by atoms with Gasteiger partial charge in [0.1, 0.15) is 11.5 Å². The van der Waals surface area contributed by atoms with E-state index in [0.717, 1.165) is 16.8 Å². The molecule has 0 saturated heterocycles. The molecule has 8 heteroatoms. The summed E-state index contributed by atoms with van der Waals surface area (Å²) in [6.45, 7) is 1.63. The topological polar surface area (TPSA) is 98.3 Å². The van der Waals surface area contributed by atoms with E-state index in [1.54, 1.807) is 6.92 Å². The first-order chi connectivity index (χ1) is 9.45. The van der Waals surface area contributed by atoms with E-state index in [4.69, 9.17) is 0 Å². The van der Waals surface area contributed by atoms with Gasteiger partial charge in [0.15, 0.2) is 0 Å². The van der Waals surface area contributed by atoms with Crippen LogP contribution in [0.15, 0.2) is 24.3 Å². The predicted molar refractivity (Wildman–Crippen MR) is 66.5 cm³/mol. The van der Waals surface area contributed by atoms with Gasteiger partial charge in [-0.1, -0.05) is 6.92 Å². The molecule has 2 aromatic rings. The average Bonchev–Trinajstić information content (AvgIpc) is 2.79. The molecule has 7 nitrogen and oxygen atoms in total. The molecule has 0 bridgehead atoms. The van der Waals surface area contributed by atoms with Crippen molar-refractivity contribution in [2.45, 2.75) is 13.3 Å². The van der Waals surface area contributed by atoms with Gasteiger partial charge < -0.3 is 5.11 Å². The minimum absolute atomic E-state index is 0.0664. The van der Waals surface area contributed by atoms with Crippen LogP contribution in [0, 0.1) is 15.9 Å². The number of aromatic nitrogens is 2. The zero-order chi connectivity index (χ0) is 14.9. The van der Waals surface area contributed by atoms with Gasteiger partial charge in [0.2, 0.25) is 5.69 Å². The number of nitrogens with zero attached hydrogens (tertiary/aromatic N) is 3. The quantitative estimate of drug-likeness (QED) is 0.683. The number of benzene rings is 1. The standard InChI is InChI=1S/C12H10FN3O4/c1-2-9-10(16(19)20)11(12(17)18)15(14-9)8-5-3-7(13)4-6-8/h3-6H,2H2,1H3,(H,17,18). The van der Waals surface area contributed by atoms with Crippen LogP contribution in [0.3, 0.4) is 0 Å². The van der Waals surface area contributed by atoms with Gasteiger partial charge >= 0.3 is 11.7 Å². The molecule has 0 aliphatic heterocycles. The van der Waals surface area contributed by atoms with Gasteiger partial charge in [0, 0.05) is 0 Å². The molecule has 1 aromatic heterocycles. The number of aromatic carboxylic acids is 1. The molecule has 20 heavy (non-hydrogen) atoms. The molecule has 0 aliphatic carbocycles. The van der Waals surface area contributed by atoms with Gasteiger partial charge in [0.25, 0.3) is 0 Å². The van der Waals surface area contributed by atoms with Gasteiger partial charge in [-0.25, -0.2) is 13.9 Å². The minimum Gasteiger partial charge on any atom is -0.476 e. The lowest BCUT2D eigenvalue weighted by atomic mass is 10.2. The Labute approximate surface area is 112 Å². The van der Waals surface area contributed by atoms with E-state index >= 15 is 0 Å². The third-order valence-electron chi connectivity index (χ3n) is 2.72. The van der Waals surface area contributed by atoms with Gasteiger partial charge in [-0.15, -0.1) is 0 Å². The molecule has 1 aromatic carbocycles. The number of nitro groups is 1. The van der Waals surface area contributed by atoms with Crippen LogP contribution in [0.1, 0.15) is 23.1 Å². The van der Waals surface area contributed by atoms with Crippen LogP contribution in [0.4, 0.5) is 10.1 Å². The third-order valence-corrected chi connectivity index (χ3v) is 2.72. The molecule has 0 aliphatic rings. The maximum Gasteiger partial charge on any atom is 0.361 e. The Morgan fingerprint density at radius 2 is 2.05 bits per heavy atom. The van der Waals surface area contributed by atoms with Crippen molar-refractivity contribution < 1.29 is 19.2 Å². The van der Waals surface area contributed by atoms with Crippen molar-refractivity contribution in [1.29, 1.82) is 0 Å². The van der Waals surface area contributed by atoms with Gasteiger partial charge in [-0.2, -0.15) is 5.10 Å². The number of aryl methyl sites for hydroxylation is 1. The highest BCUT2D eigenvalue weighted by molar-refractivity contribution is 5.91. The predicted octanol–water partition coefficient (Wildman–Crippen LogP) is 2.18. The van der Waals surface area contributed by atoms with E-state index in [-0.39, 0.29) is 17.8 Å². The molecule has 0 fully saturated rings. The van der Waals surface area contributed by atoms with Crippen LogP contribution in [-0.2, 0) is 6.42 Å². The number of carbonyl (C=O) groups is 1. The Kier molecular flexibility index (Phi) is 3.47. The Balaban J connectivity index is 2.72. The van der Waals surface area contributed by atoms with Crippen LogP contribution in [0.25, 0.3) is 5.69 Å². The van der Waals surface area contributed by atoms with E-state index < -0.39 is 28.1 Å². The summed E-state index contributed by atoms with van der Waals surface area (Å²) in [4.78, 5) is 21.5. The molecule has 0 saturated carbocycles. The van der Waals surface area contributed by atoms with E-state index in [9.17, 15) is 24.4 Å². The van der Waals surface area contributed by atoms with E-state index in [0.29, 0.717) is 0 Å². The number of halogens is 1. The fraction of sp³-hybridized carbons (Fsp3) is 0.167. The van der Waals surface area contributed by atoms with Crippen molar-refractivity contribution in [3.05, 3.63) is 51.6 Å². The molecule has 0 spiro atoms. The van der Waals surface area contributed by atoms with Crippen molar-refractivity contribution in [1.82, 2.24) is 9.78 Å². The van der Waals surface area contributed by atoms with Crippen molar-refractivity contribution in [3.8, 4) is 5.69 Å². The molecule has 0 radical (unpaired) electrons. The number of hydrogen-bond donors (Lipinski definition) is 1. The third kappa shape index (κ3) is 2.22. The summed E-state index contributed by atoms with van der Waals surface area (Å²) in [7, 11) is 0. The summed E-state index contributed by atoms with van der Waals surface area (Å²) in [5.74, 6) is -1.96. The second kappa shape index (κ2) is 5.08. The van der Waals surface area contributed by atoms with Crippen LogP contribution in [-0.4, -0.2) is 25.8 Å². The van der Waals surface area contributed by atoms with E-state index in [1.165, 1.54) is 12.1 Å². The monoisotopic (exact) mass is 279 g/mol. The maximum absolute atomic E-state index is 12.9. The molecular formula is C12H10FN3O4. The number of hydrogen-bond acceptors (Lipinski definition) is 4. The molecule has 2 rings (SSSR count). The summed E-state index contributed by atoms with van der Waals surface area (Å²) in [5.41, 5.74) is -0.772. The lowest BCUT2D eigenvalue weighted by Gasteiger charge is -2.03. The van der Waals surface area contributed by atoms with Crippen molar-refractivity contribution in [2.24, 2.45) is 0 Å². The summed E-state index contributed by atoms with van der Waals surface area (Å²) in [6.07, 6.45) is 0.213. The second-order valence-electron chi connectivity index (χ2n) is 3.95. The van der Waals surface area contributed by atoms with Gasteiger partial charge in [0.05, 0.1) is 10.6 Å². The molecule has 1 N–H and O–H groups in total. The lowest BCUT2D eigenvalue weighted by molar-refractivity contribution is -0.385. The summed E-state index contributed by atoms with van der Waals surface area (Å²) in [6, 6.07) is 4.86. The highest BCUT2D eigenvalue weighted by Crippen LogP contribution is 2.26. The van der Waals surface area contributed by atoms with Gasteiger partial charge in [-0.3, -0.25) is 10.1 Å². The molecule has 0 unspecified atom stereocenters. The Hall–Kier alpha value is -2.77. The van der Waals surface area contributed by atoms with Crippen molar-refractivity contribution in [2.75, 3.05) is 0 Å². The average molecular weight is 279 g/mol. The Morgan fingerprint density at radius 3 is 2.50 bits per heavy atom. The van der Waals surface area contributed by atoms with Crippen LogP contribution < -0.4 is 0 Å². The van der Waals surface area contributed by atoms with E-state index in [2.05, 4.69) is 5.10 Å². The maximum atomic E-state index is 12.9. The molecule has 1 heterocycles. The highest BCUT2D eigenvalue weighted by atomic mass is 19.1. The zero-order valence-corrected chi connectivity index (χ0v) is 10.4. The van der Waals surface area contributed by atoms with Crippen LogP contribution >= 0.6 is 0 Å². The summed E-state index contributed by atoms with van der Waals surface area (Å²) >= 11 is 0. The van der Waals surface area contributed by atoms with Crippen LogP contribution in [0.5, 0.6) is 0 Å². The number of carboxylic acid groups (broad SMARTS) is 1. The smallest absolute Gasteiger partial charge is 0.361 e. The Morgan fingerprint density at radius 1 is 1.45 bits per heavy atom. The lowest BCUT2D eigenvalue weighted by Crippen LogP contribution is -2.09. The highest BCUT2D eigenvalue weighted by Gasteiger charge is 2.32. The van der Waals surface area contributed by atoms with Gasteiger partial charge in [-0.05, 0) is 30.7 Å². The first-order valence-corrected chi connectivity index (χ1v) is 5.71.